The van der Waals surface area contributed by atoms with E-state index in [-0.39, 0.29) is 28.8 Å². The molecule has 0 bridgehead atoms. The minimum absolute atomic E-state index is 0.0300. The smallest absolute Gasteiger partial charge is 0.273 e. The average molecular weight is 406 g/mol. The van der Waals surface area contributed by atoms with Gasteiger partial charge in [-0.1, -0.05) is 30.3 Å². The minimum atomic E-state index is -0.387. The lowest BCUT2D eigenvalue weighted by atomic mass is 9.68. The summed E-state index contributed by atoms with van der Waals surface area (Å²) in [6, 6.07) is 13.4. The topological polar surface area (TPSA) is 122 Å². The van der Waals surface area contributed by atoms with Crippen LogP contribution in [0.3, 0.4) is 0 Å². The number of nitrogens with zero attached hydrogens (tertiary/aromatic N) is 3. The van der Waals surface area contributed by atoms with E-state index in [1.165, 1.54) is 17.8 Å². The van der Waals surface area contributed by atoms with Crippen LogP contribution < -0.4 is 16.0 Å². The fourth-order valence-electron chi connectivity index (χ4n) is 3.98. The van der Waals surface area contributed by atoms with Gasteiger partial charge in [-0.3, -0.25) is 4.79 Å². The van der Waals surface area contributed by atoms with E-state index in [1.54, 1.807) is 19.3 Å². The first-order valence-corrected chi connectivity index (χ1v) is 9.97. The second-order valence-corrected chi connectivity index (χ2v) is 7.43. The monoisotopic (exact) mass is 406 g/mol. The van der Waals surface area contributed by atoms with Crippen LogP contribution in [0.1, 0.15) is 41.7 Å². The first kappa shape index (κ1) is 21.1. The number of nitrogens with one attached hydrogen (secondary N) is 3. The Kier molecular flexibility index (Phi) is 6.86. The molecule has 1 fully saturated rings. The molecule has 1 heterocycles. The van der Waals surface area contributed by atoms with Gasteiger partial charge < -0.3 is 21.1 Å². The normalized spacial score (nSPS) is 21.3. The quantitative estimate of drug-likeness (QED) is 0.342. The van der Waals surface area contributed by atoms with Crippen LogP contribution in [0.2, 0.25) is 0 Å². The highest BCUT2D eigenvalue weighted by molar-refractivity contribution is 5.94. The molecule has 0 saturated heterocycles. The van der Waals surface area contributed by atoms with Crippen molar-refractivity contribution < 1.29 is 9.90 Å². The zero-order chi connectivity index (χ0) is 21.4. The number of hydrogen-bond donors (Lipinski definition) is 4. The van der Waals surface area contributed by atoms with Crippen molar-refractivity contribution in [2.75, 3.05) is 13.6 Å². The summed E-state index contributed by atoms with van der Waals surface area (Å²) in [5.74, 6) is -0.0519. The molecule has 156 valence electrons. The van der Waals surface area contributed by atoms with Gasteiger partial charge in [-0.15, -0.1) is 4.99 Å². The maximum atomic E-state index is 12.6. The summed E-state index contributed by atoms with van der Waals surface area (Å²) < 4.78 is 0. The molecule has 0 aliphatic heterocycles. The summed E-state index contributed by atoms with van der Waals surface area (Å²) >= 11 is 0. The molecule has 8 nitrogen and oxygen atoms in total. The number of aromatic nitrogens is 1. The number of rotatable bonds is 5. The number of pyridine rings is 1. The third-order valence-corrected chi connectivity index (χ3v) is 5.66. The maximum absolute atomic E-state index is 12.6. The molecule has 1 aliphatic carbocycles. The standard InChI is InChI=1S/C22H26N6O2/c1-24-21(27-15-23)28-17-9-11-22(12-10-17,16-6-3-2-4-7-16)14-26-20(30)19-18(29)8-5-13-25-19/h2-8,13,17,29H,9-12,14H2,1H3,(H,26,30)(H2,24,27,28)/t17-,22-. The highest BCUT2D eigenvalue weighted by atomic mass is 16.3. The first-order chi connectivity index (χ1) is 14.6. The molecule has 1 amide bonds. The van der Waals surface area contributed by atoms with E-state index in [0.717, 1.165) is 25.7 Å². The van der Waals surface area contributed by atoms with Crippen LogP contribution in [0.15, 0.2) is 53.7 Å². The third kappa shape index (κ3) is 4.87. The fraction of sp³-hybridized carbons (Fsp3) is 0.364. The second-order valence-electron chi connectivity index (χ2n) is 7.43. The van der Waals surface area contributed by atoms with Gasteiger partial charge in [0.15, 0.2) is 5.69 Å². The Morgan fingerprint density at radius 2 is 2.00 bits per heavy atom. The van der Waals surface area contributed by atoms with Gasteiger partial charge in [0, 0.05) is 31.2 Å². The van der Waals surface area contributed by atoms with E-state index < -0.39 is 0 Å². The average Bonchev–Trinajstić information content (AvgIpc) is 2.79. The van der Waals surface area contributed by atoms with E-state index >= 15 is 0 Å². The molecule has 1 aliphatic rings. The Morgan fingerprint density at radius 3 is 2.63 bits per heavy atom. The third-order valence-electron chi connectivity index (χ3n) is 5.66. The molecular formula is C22H26N6O2. The molecule has 0 unspecified atom stereocenters. The van der Waals surface area contributed by atoms with Crippen LogP contribution in [-0.2, 0) is 5.41 Å². The molecule has 2 aromatic rings. The van der Waals surface area contributed by atoms with Crippen LogP contribution in [0.4, 0.5) is 0 Å². The van der Waals surface area contributed by atoms with Crippen molar-refractivity contribution in [1.29, 1.82) is 5.26 Å². The Bertz CT molecular complexity index is 930. The van der Waals surface area contributed by atoms with Gasteiger partial charge in [0.05, 0.1) is 0 Å². The number of amides is 1. The molecule has 4 N–H and O–H groups in total. The number of carbonyl (C=O) groups excluding carboxylic acids is 1. The van der Waals surface area contributed by atoms with Gasteiger partial charge in [0.25, 0.3) is 5.91 Å². The Morgan fingerprint density at radius 1 is 1.27 bits per heavy atom. The van der Waals surface area contributed by atoms with Crippen molar-refractivity contribution in [1.82, 2.24) is 20.9 Å². The predicted molar refractivity (Wildman–Crippen MR) is 114 cm³/mol. The van der Waals surface area contributed by atoms with Gasteiger partial charge in [-0.2, -0.15) is 5.26 Å². The zero-order valence-electron chi connectivity index (χ0n) is 16.9. The Balaban J connectivity index is 1.73. The van der Waals surface area contributed by atoms with Crippen LogP contribution in [-0.4, -0.2) is 41.6 Å². The van der Waals surface area contributed by atoms with E-state index in [2.05, 4.69) is 38.1 Å². The van der Waals surface area contributed by atoms with Gasteiger partial charge >= 0.3 is 0 Å². The van der Waals surface area contributed by atoms with Crippen molar-refractivity contribution in [2.24, 2.45) is 4.99 Å². The molecule has 1 aromatic heterocycles. The molecular weight excluding hydrogens is 380 g/mol. The molecule has 1 saturated carbocycles. The summed E-state index contributed by atoms with van der Waals surface area (Å²) in [7, 11) is 1.73. The van der Waals surface area contributed by atoms with E-state index in [4.69, 9.17) is 5.26 Å². The van der Waals surface area contributed by atoms with Crippen molar-refractivity contribution in [3.63, 3.8) is 0 Å². The second kappa shape index (κ2) is 9.74. The maximum Gasteiger partial charge on any atom is 0.273 e. The highest BCUT2D eigenvalue weighted by Gasteiger charge is 2.37. The summed E-state index contributed by atoms with van der Waals surface area (Å²) in [5, 5.41) is 27.8. The summed E-state index contributed by atoms with van der Waals surface area (Å²) in [5.41, 5.74) is 0.988. The SMILES string of the molecule is CN/C(=N\C#N)N[C@H]1CC[C@](CNC(=O)c2ncccc2O)(c2ccccc2)CC1. The fourth-order valence-corrected chi connectivity index (χ4v) is 3.98. The first-order valence-electron chi connectivity index (χ1n) is 9.97. The number of guanidine groups is 1. The molecule has 30 heavy (non-hydrogen) atoms. The van der Waals surface area contributed by atoms with Gasteiger partial charge in [-0.25, -0.2) is 4.98 Å². The van der Waals surface area contributed by atoms with Crippen molar-refractivity contribution in [2.45, 2.75) is 37.1 Å². The number of nitriles is 1. The van der Waals surface area contributed by atoms with E-state index in [0.29, 0.717) is 12.5 Å². The van der Waals surface area contributed by atoms with Gasteiger partial charge in [-0.05, 0) is 43.4 Å². The number of carbonyl (C=O) groups is 1. The van der Waals surface area contributed by atoms with Gasteiger partial charge in [0.1, 0.15) is 5.75 Å². The Hall–Kier alpha value is -3.60. The zero-order valence-corrected chi connectivity index (χ0v) is 16.9. The lowest BCUT2D eigenvalue weighted by molar-refractivity contribution is 0.0927. The van der Waals surface area contributed by atoms with Crippen molar-refractivity contribution >= 4 is 11.9 Å². The van der Waals surface area contributed by atoms with Gasteiger partial charge in [0.2, 0.25) is 12.2 Å². The highest BCUT2D eigenvalue weighted by Crippen LogP contribution is 2.39. The summed E-state index contributed by atoms with van der Waals surface area (Å²) in [4.78, 5) is 20.3. The number of aromatic hydroxyl groups is 1. The number of aliphatic imine (C=N–C) groups is 1. The predicted octanol–water partition coefficient (Wildman–Crippen LogP) is 2.04. The number of benzene rings is 1. The molecule has 0 radical (unpaired) electrons. The van der Waals surface area contributed by atoms with Crippen LogP contribution >= 0.6 is 0 Å². The lowest BCUT2D eigenvalue weighted by Gasteiger charge is -2.41. The minimum Gasteiger partial charge on any atom is -0.505 e. The number of hydrogen-bond acceptors (Lipinski definition) is 5. The van der Waals surface area contributed by atoms with Crippen molar-refractivity contribution in [3.8, 4) is 11.9 Å². The van der Waals surface area contributed by atoms with Crippen LogP contribution in [0.25, 0.3) is 0 Å². The Labute approximate surface area is 176 Å². The molecule has 0 atom stereocenters. The van der Waals surface area contributed by atoms with Crippen molar-refractivity contribution in [3.05, 3.63) is 59.9 Å². The largest absolute Gasteiger partial charge is 0.505 e. The molecule has 3 rings (SSSR count). The molecule has 0 spiro atoms. The molecule has 1 aromatic carbocycles. The van der Waals surface area contributed by atoms with Crippen LogP contribution in [0.5, 0.6) is 5.75 Å². The van der Waals surface area contributed by atoms with E-state index in [1.807, 2.05) is 18.2 Å². The lowest BCUT2D eigenvalue weighted by Crippen LogP contribution is -2.49. The molecule has 8 heteroatoms. The summed E-state index contributed by atoms with van der Waals surface area (Å²) in [6.07, 6.45) is 6.72. The van der Waals surface area contributed by atoms with Crippen LogP contribution in [0, 0.1) is 11.5 Å². The van der Waals surface area contributed by atoms with E-state index in [9.17, 15) is 9.90 Å². The summed E-state index contributed by atoms with van der Waals surface area (Å²) in [6.45, 7) is 0.448.